The molecule has 0 aromatic heterocycles. The largest absolute Gasteiger partial charge is 0.341 e. The van der Waals surface area contributed by atoms with Crippen molar-refractivity contribution in [3.63, 3.8) is 0 Å². The minimum atomic E-state index is -0.585. The molecule has 31 heavy (non-hydrogen) atoms. The Balaban J connectivity index is 1.60. The summed E-state index contributed by atoms with van der Waals surface area (Å²) in [5, 5.41) is 2.92. The van der Waals surface area contributed by atoms with E-state index in [4.69, 9.17) is 0 Å². The highest BCUT2D eigenvalue weighted by Crippen LogP contribution is 2.23. The third-order valence-corrected chi connectivity index (χ3v) is 6.05. The Bertz CT molecular complexity index is 924. The van der Waals surface area contributed by atoms with Gasteiger partial charge >= 0.3 is 0 Å². The molecule has 0 aliphatic carbocycles. The molecule has 1 aliphatic rings. The molecule has 0 spiro atoms. The lowest BCUT2D eigenvalue weighted by Gasteiger charge is -2.35. The second kappa shape index (κ2) is 9.90. The number of amides is 2. The topological polar surface area (TPSA) is 66.5 Å². The van der Waals surface area contributed by atoms with Crippen LogP contribution in [0.25, 0.3) is 0 Å². The van der Waals surface area contributed by atoms with Gasteiger partial charge in [0.15, 0.2) is 5.78 Å². The molecule has 1 atom stereocenters. The zero-order chi connectivity index (χ0) is 22.5. The van der Waals surface area contributed by atoms with Crippen LogP contribution in [0.3, 0.4) is 0 Å². The van der Waals surface area contributed by atoms with Gasteiger partial charge in [-0.05, 0) is 44.7 Å². The third kappa shape index (κ3) is 5.60. The van der Waals surface area contributed by atoms with Crippen molar-refractivity contribution in [3.8, 4) is 0 Å². The highest BCUT2D eigenvalue weighted by Gasteiger charge is 2.33. The predicted molar refractivity (Wildman–Crippen MR) is 122 cm³/mol. The SMILES string of the molecule is Cc1ccc(C(=O)NC(C(=O)N2CCC(C(=O)c3ccc(C)cc3)CC2)C(C)C)cc1. The first-order valence-corrected chi connectivity index (χ1v) is 11.0. The van der Waals surface area contributed by atoms with Gasteiger partial charge in [0, 0.05) is 30.1 Å². The van der Waals surface area contributed by atoms with E-state index in [9.17, 15) is 14.4 Å². The van der Waals surface area contributed by atoms with E-state index in [0.29, 0.717) is 31.5 Å². The molecule has 5 heteroatoms. The highest BCUT2D eigenvalue weighted by atomic mass is 16.2. The molecule has 1 heterocycles. The molecule has 3 rings (SSSR count). The molecule has 0 radical (unpaired) electrons. The van der Waals surface area contributed by atoms with Crippen molar-refractivity contribution in [2.45, 2.75) is 46.6 Å². The Kier molecular flexibility index (Phi) is 7.26. The minimum Gasteiger partial charge on any atom is -0.341 e. The molecule has 1 N–H and O–H groups in total. The van der Waals surface area contributed by atoms with Crippen molar-refractivity contribution in [2.75, 3.05) is 13.1 Å². The summed E-state index contributed by atoms with van der Waals surface area (Å²) in [6, 6.07) is 14.4. The summed E-state index contributed by atoms with van der Waals surface area (Å²) >= 11 is 0. The van der Waals surface area contributed by atoms with Gasteiger partial charge in [0.05, 0.1) is 0 Å². The lowest BCUT2D eigenvalue weighted by molar-refractivity contribution is -0.135. The summed E-state index contributed by atoms with van der Waals surface area (Å²) in [6.07, 6.45) is 1.30. The number of rotatable bonds is 6. The number of carbonyl (C=O) groups is 3. The van der Waals surface area contributed by atoms with Crippen molar-refractivity contribution in [1.29, 1.82) is 0 Å². The van der Waals surface area contributed by atoms with Gasteiger partial charge in [-0.1, -0.05) is 61.4 Å². The summed E-state index contributed by atoms with van der Waals surface area (Å²) in [6.45, 7) is 8.91. The Hall–Kier alpha value is -2.95. The van der Waals surface area contributed by atoms with E-state index < -0.39 is 6.04 Å². The molecule has 164 valence electrons. The number of nitrogens with zero attached hydrogens (tertiary/aromatic N) is 1. The maximum atomic E-state index is 13.2. The maximum Gasteiger partial charge on any atom is 0.251 e. The van der Waals surface area contributed by atoms with Crippen LogP contribution in [-0.2, 0) is 4.79 Å². The maximum absolute atomic E-state index is 13.2. The zero-order valence-corrected chi connectivity index (χ0v) is 18.9. The van der Waals surface area contributed by atoms with Crippen LogP contribution in [0.15, 0.2) is 48.5 Å². The van der Waals surface area contributed by atoms with E-state index >= 15 is 0 Å². The van der Waals surface area contributed by atoms with Gasteiger partial charge in [-0.2, -0.15) is 0 Å². The van der Waals surface area contributed by atoms with E-state index in [1.807, 2.05) is 64.1 Å². The number of hydrogen-bond acceptors (Lipinski definition) is 3. The Morgan fingerprint density at radius 2 is 1.32 bits per heavy atom. The predicted octanol–water partition coefficient (Wildman–Crippen LogP) is 4.18. The summed E-state index contributed by atoms with van der Waals surface area (Å²) in [4.78, 5) is 40.4. The first-order valence-electron chi connectivity index (χ1n) is 11.0. The molecule has 1 saturated heterocycles. The molecular formula is C26H32N2O3. The Morgan fingerprint density at radius 3 is 1.81 bits per heavy atom. The second-order valence-corrected chi connectivity index (χ2v) is 8.89. The fourth-order valence-electron chi connectivity index (χ4n) is 3.96. The summed E-state index contributed by atoms with van der Waals surface area (Å²) < 4.78 is 0. The molecule has 1 aliphatic heterocycles. The average Bonchev–Trinajstić information content (AvgIpc) is 2.77. The normalized spacial score (nSPS) is 15.6. The quantitative estimate of drug-likeness (QED) is 0.713. The lowest BCUT2D eigenvalue weighted by atomic mass is 9.88. The summed E-state index contributed by atoms with van der Waals surface area (Å²) in [7, 11) is 0. The fourth-order valence-corrected chi connectivity index (χ4v) is 3.96. The fraction of sp³-hybridized carbons (Fsp3) is 0.423. The van der Waals surface area contributed by atoms with Gasteiger partial charge in [-0.25, -0.2) is 0 Å². The molecule has 5 nitrogen and oxygen atoms in total. The average molecular weight is 421 g/mol. The van der Waals surface area contributed by atoms with Gasteiger partial charge in [0.2, 0.25) is 5.91 Å². The minimum absolute atomic E-state index is 0.0335. The van der Waals surface area contributed by atoms with E-state index in [-0.39, 0.29) is 29.4 Å². The summed E-state index contributed by atoms with van der Waals surface area (Å²) in [5.41, 5.74) is 3.49. The van der Waals surface area contributed by atoms with Crippen molar-refractivity contribution >= 4 is 17.6 Å². The van der Waals surface area contributed by atoms with Crippen LogP contribution in [-0.4, -0.2) is 41.6 Å². The first kappa shape index (κ1) is 22.7. The molecule has 2 amide bonds. The standard InChI is InChI=1S/C26H32N2O3/c1-17(2)23(27-25(30)22-11-7-19(4)8-12-22)26(31)28-15-13-21(14-16-28)24(29)20-9-5-18(3)6-10-20/h5-12,17,21,23H,13-16H2,1-4H3,(H,27,30). The number of piperidine rings is 1. The van der Waals surface area contributed by atoms with Crippen LogP contribution in [0, 0.1) is 25.7 Å². The second-order valence-electron chi connectivity index (χ2n) is 8.89. The van der Waals surface area contributed by atoms with Crippen LogP contribution in [0.2, 0.25) is 0 Å². The van der Waals surface area contributed by atoms with Crippen molar-refractivity contribution < 1.29 is 14.4 Å². The van der Waals surface area contributed by atoms with Crippen LogP contribution in [0.1, 0.15) is 58.5 Å². The number of aryl methyl sites for hydroxylation is 2. The number of nitrogens with one attached hydrogen (secondary N) is 1. The highest BCUT2D eigenvalue weighted by molar-refractivity contribution is 5.99. The van der Waals surface area contributed by atoms with E-state index in [1.165, 1.54) is 0 Å². The smallest absolute Gasteiger partial charge is 0.251 e. The molecular weight excluding hydrogens is 388 g/mol. The van der Waals surface area contributed by atoms with Crippen molar-refractivity contribution in [1.82, 2.24) is 10.2 Å². The molecule has 1 fully saturated rings. The third-order valence-electron chi connectivity index (χ3n) is 6.05. The van der Waals surface area contributed by atoms with E-state index in [0.717, 1.165) is 16.7 Å². The van der Waals surface area contributed by atoms with Gasteiger partial charge < -0.3 is 10.2 Å². The molecule has 0 bridgehead atoms. The van der Waals surface area contributed by atoms with Crippen LogP contribution < -0.4 is 5.32 Å². The van der Waals surface area contributed by atoms with Crippen molar-refractivity contribution in [3.05, 3.63) is 70.8 Å². The van der Waals surface area contributed by atoms with E-state index in [2.05, 4.69) is 5.32 Å². The van der Waals surface area contributed by atoms with Crippen LogP contribution in [0.4, 0.5) is 0 Å². The number of benzene rings is 2. The monoisotopic (exact) mass is 420 g/mol. The number of carbonyl (C=O) groups excluding carboxylic acids is 3. The van der Waals surface area contributed by atoms with Crippen molar-refractivity contribution in [2.24, 2.45) is 11.8 Å². The van der Waals surface area contributed by atoms with Gasteiger partial charge in [-0.3, -0.25) is 14.4 Å². The van der Waals surface area contributed by atoms with Crippen LogP contribution >= 0.6 is 0 Å². The zero-order valence-electron chi connectivity index (χ0n) is 18.9. The van der Waals surface area contributed by atoms with Gasteiger partial charge in [-0.15, -0.1) is 0 Å². The molecule has 0 saturated carbocycles. The van der Waals surface area contributed by atoms with E-state index in [1.54, 1.807) is 17.0 Å². The number of ketones is 1. The first-order chi connectivity index (χ1) is 14.8. The number of likely N-dealkylation sites (tertiary alicyclic amines) is 1. The Labute approximate surface area is 184 Å². The number of Topliss-reactive ketones (excluding diaryl/α,β-unsaturated/α-hetero) is 1. The molecule has 2 aromatic rings. The van der Waals surface area contributed by atoms with Crippen LogP contribution in [0.5, 0.6) is 0 Å². The lowest BCUT2D eigenvalue weighted by Crippen LogP contribution is -2.53. The molecule has 1 unspecified atom stereocenters. The summed E-state index contributed by atoms with van der Waals surface area (Å²) in [5.74, 6) is -0.256. The van der Waals surface area contributed by atoms with Gasteiger partial charge in [0.1, 0.15) is 6.04 Å². The molecule has 2 aromatic carbocycles. The van der Waals surface area contributed by atoms with Gasteiger partial charge in [0.25, 0.3) is 5.91 Å². The Morgan fingerprint density at radius 1 is 0.839 bits per heavy atom. The number of hydrogen-bond donors (Lipinski definition) is 1.